The molecule has 5 heteroatoms. The van der Waals surface area contributed by atoms with Gasteiger partial charge in [0.2, 0.25) is 0 Å². The summed E-state index contributed by atoms with van der Waals surface area (Å²) in [6.45, 7) is 0. The first-order chi connectivity index (χ1) is 28.3. The summed E-state index contributed by atoms with van der Waals surface area (Å²) in [6.07, 6.45) is 0. The van der Waals surface area contributed by atoms with Crippen LogP contribution >= 0.6 is 0 Å². The van der Waals surface area contributed by atoms with Crippen LogP contribution in [0.1, 0.15) is 0 Å². The van der Waals surface area contributed by atoms with Crippen LogP contribution in [0.15, 0.2) is 188 Å². The van der Waals surface area contributed by atoms with Gasteiger partial charge in [-0.3, -0.25) is 9.13 Å². The molecule has 0 amide bonds. The summed E-state index contributed by atoms with van der Waals surface area (Å²) >= 11 is 0. The molecule has 57 heavy (non-hydrogen) atoms. The number of rotatable bonds is 3. The van der Waals surface area contributed by atoms with Crippen molar-refractivity contribution in [1.82, 2.24) is 23.7 Å². The summed E-state index contributed by atoms with van der Waals surface area (Å²) in [5.74, 6) is 1.56. The maximum absolute atomic E-state index is 5.57. The van der Waals surface area contributed by atoms with Crippen molar-refractivity contribution in [3.05, 3.63) is 188 Å². The zero-order valence-electron chi connectivity index (χ0n) is 30.6. The van der Waals surface area contributed by atoms with E-state index in [2.05, 4.69) is 190 Å². The van der Waals surface area contributed by atoms with Gasteiger partial charge in [-0.05, 0) is 76.1 Å². The normalized spacial score (nSPS) is 12.2. The average Bonchev–Trinajstić information content (AvgIpc) is 3.91. The zero-order valence-corrected chi connectivity index (χ0v) is 30.6. The first kappa shape index (κ1) is 30.6. The fourth-order valence-electron chi connectivity index (χ4n) is 9.59. The Morgan fingerprint density at radius 1 is 0.281 bits per heavy atom. The van der Waals surface area contributed by atoms with Gasteiger partial charge in [-0.25, -0.2) is 9.97 Å². The fraction of sp³-hybridized carbons (Fsp3) is 0. The maximum atomic E-state index is 5.57. The zero-order chi connectivity index (χ0) is 37.2. The summed E-state index contributed by atoms with van der Waals surface area (Å²) in [7, 11) is 0. The summed E-state index contributed by atoms with van der Waals surface area (Å²) in [4.78, 5) is 11.1. The molecule has 5 nitrogen and oxygen atoms in total. The molecule has 0 aliphatic carbocycles. The highest BCUT2D eigenvalue weighted by atomic mass is 15.2. The number of hydrogen-bond acceptors (Lipinski definition) is 2. The van der Waals surface area contributed by atoms with Crippen LogP contribution in [0.25, 0.3) is 115 Å². The van der Waals surface area contributed by atoms with Crippen molar-refractivity contribution in [1.29, 1.82) is 0 Å². The Kier molecular flexibility index (Phi) is 6.10. The molecule has 0 unspecified atom stereocenters. The van der Waals surface area contributed by atoms with Crippen LogP contribution in [-0.2, 0) is 0 Å². The quantitative estimate of drug-likeness (QED) is 0.182. The molecule has 0 fully saturated rings. The molecular weight excluding hydrogens is 695 g/mol. The Bertz CT molecular complexity index is 3770. The van der Waals surface area contributed by atoms with E-state index in [0.29, 0.717) is 0 Å². The van der Waals surface area contributed by atoms with Crippen molar-refractivity contribution in [2.45, 2.75) is 0 Å². The smallest absolute Gasteiger partial charge is 0.182 e. The van der Waals surface area contributed by atoms with Crippen molar-refractivity contribution in [2.75, 3.05) is 0 Å². The lowest BCUT2D eigenvalue weighted by atomic mass is 10.0. The predicted molar refractivity (Wildman–Crippen MR) is 238 cm³/mol. The van der Waals surface area contributed by atoms with Crippen LogP contribution in [-0.4, -0.2) is 23.7 Å². The number of para-hydroxylation sites is 5. The van der Waals surface area contributed by atoms with Gasteiger partial charge < -0.3 is 4.57 Å². The second kappa shape index (κ2) is 11.4. The van der Waals surface area contributed by atoms with E-state index in [9.17, 15) is 0 Å². The molecule has 0 aliphatic rings. The minimum atomic E-state index is 0.779. The second-order valence-electron chi connectivity index (χ2n) is 15.0. The third-order valence-electron chi connectivity index (χ3n) is 12.0. The number of fused-ring (bicyclic) bond motifs is 14. The third-order valence-corrected chi connectivity index (χ3v) is 12.0. The van der Waals surface area contributed by atoms with E-state index in [-0.39, 0.29) is 0 Å². The first-order valence-corrected chi connectivity index (χ1v) is 19.4. The molecule has 9 aromatic carbocycles. The number of benzene rings is 9. The minimum absolute atomic E-state index is 0.779. The van der Waals surface area contributed by atoms with Crippen molar-refractivity contribution in [3.8, 4) is 17.3 Å². The monoisotopic (exact) mass is 725 g/mol. The molecule has 0 N–H and O–H groups in total. The molecule has 0 spiro atoms. The Labute approximate surface area is 325 Å². The average molecular weight is 726 g/mol. The van der Waals surface area contributed by atoms with Crippen LogP contribution in [0.5, 0.6) is 0 Å². The lowest BCUT2D eigenvalue weighted by Crippen LogP contribution is -2.09. The van der Waals surface area contributed by atoms with Crippen LogP contribution in [0.3, 0.4) is 0 Å². The molecule has 0 atom stereocenters. The van der Waals surface area contributed by atoms with Gasteiger partial charge in [0.1, 0.15) is 0 Å². The minimum Gasteiger partial charge on any atom is -0.309 e. The van der Waals surface area contributed by atoms with Crippen molar-refractivity contribution in [2.24, 2.45) is 0 Å². The molecule has 0 saturated heterocycles. The second-order valence-corrected chi connectivity index (χ2v) is 15.0. The lowest BCUT2D eigenvalue weighted by Gasteiger charge is -2.16. The van der Waals surface area contributed by atoms with E-state index in [4.69, 9.17) is 9.97 Å². The first-order valence-electron chi connectivity index (χ1n) is 19.4. The van der Waals surface area contributed by atoms with Gasteiger partial charge in [0.15, 0.2) is 11.6 Å². The Morgan fingerprint density at radius 2 is 0.702 bits per heavy atom. The van der Waals surface area contributed by atoms with Crippen LogP contribution < -0.4 is 0 Å². The van der Waals surface area contributed by atoms with Crippen LogP contribution in [0.4, 0.5) is 0 Å². The number of hydrogen-bond donors (Lipinski definition) is 0. The van der Waals surface area contributed by atoms with Gasteiger partial charge >= 0.3 is 0 Å². The molecule has 264 valence electrons. The van der Waals surface area contributed by atoms with E-state index < -0.39 is 0 Å². The summed E-state index contributed by atoms with van der Waals surface area (Å²) < 4.78 is 7.10. The van der Waals surface area contributed by atoms with Gasteiger partial charge in [-0.1, -0.05) is 133 Å². The Balaban J connectivity index is 1.20. The van der Waals surface area contributed by atoms with Crippen molar-refractivity contribution < 1.29 is 0 Å². The largest absolute Gasteiger partial charge is 0.309 e. The van der Waals surface area contributed by atoms with E-state index in [1.165, 1.54) is 64.9 Å². The third kappa shape index (κ3) is 4.17. The van der Waals surface area contributed by atoms with Gasteiger partial charge in [0, 0.05) is 38.0 Å². The summed E-state index contributed by atoms with van der Waals surface area (Å²) in [5, 5.41) is 12.2. The van der Waals surface area contributed by atoms with E-state index >= 15 is 0 Å². The SMILES string of the molecule is c1ccc2c(c1)ccc1c2c2ccccc2n1-c1ccc2c3c4ccccc4ccc3n(-c3nc4ccccc4nc3-n3c4ccccc4c4ccccc43)c2c1. The van der Waals surface area contributed by atoms with Gasteiger partial charge in [0.25, 0.3) is 0 Å². The highest BCUT2D eigenvalue weighted by Gasteiger charge is 2.24. The fourth-order valence-corrected chi connectivity index (χ4v) is 9.59. The Hall–Kier alpha value is -7.76. The summed E-state index contributed by atoms with van der Waals surface area (Å²) in [5.41, 5.74) is 9.47. The molecule has 4 aromatic heterocycles. The summed E-state index contributed by atoms with van der Waals surface area (Å²) in [6, 6.07) is 67.6. The van der Waals surface area contributed by atoms with Gasteiger partial charge in [0.05, 0.1) is 44.1 Å². The highest BCUT2D eigenvalue weighted by molar-refractivity contribution is 6.23. The van der Waals surface area contributed by atoms with Crippen molar-refractivity contribution in [3.63, 3.8) is 0 Å². The molecular formula is C52H31N5. The molecule has 0 bridgehead atoms. The molecule has 0 saturated carbocycles. The number of aromatic nitrogens is 5. The predicted octanol–water partition coefficient (Wildman–Crippen LogP) is 13.2. The van der Waals surface area contributed by atoms with Crippen LogP contribution in [0.2, 0.25) is 0 Å². The Morgan fingerprint density at radius 3 is 1.28 bits per heavy atom. The maximum Gasteiger partial charge on any atom is 0.182 e. The van der Waals surface area contributed by atoms with E-state index in [1.807, 2.05) is 12.1 Å². The molecule has 0 aliphatic heterocycles. The standard InChI is InChI=1S/C52H31N5/c1-3-15-35-32(13-1)25-29-46-49(35)39-19-7-12-24-45(39)55(46)34-27-28-40-48(31-34)57(47-30-26-33-14-2-4-16-36(33)50(40)47)52-51(53-41-20-8-9-21-42(41)54-52)56-43-22-10-5-17-37(43)38-18-6-11-23-44(38)56/h1-31H. The van der Waals surface area contributed by atoms with E-state index in [1.54, 1.807) is 0 Å². The molecule has 13 aromatic rings. The lowest BCUT2D eigenvalue weighted by molar-refractivity contribution is 0.995. The topological polar surface area (TPSA) is 40.6 Å². The molecule has 0 radical (unpaired) electrons. The van der Waals surface area contributed by atoms with Gasteiger partial charge in [-0.15, -0.1) is 0 Å². The van der Waals surface area contributed by atoms with E-state index in [0.717, 1.165) is 50.4 Å². The molecule has 4 heterocycles. The molecule has 13 rings (SSSR count). The number of nitrogens with zero attached hydrogens (tertiary/aromatic N) is 5. The van der Waals surface area contributed by atoms with Gasteiger partial charge in [-0.2, -0.15) is 0 Å². The van der Waals surface area contributed by atoms with Crippen LogP contribution in [0, 0.1) is 0 Å². The highest BCUT2D eigenvalue weighted by Crippen LogP contribution is 2.42. The van der Waals surface area contributed by atoms with Crippen molar-refractivity contribution >= 4 is 98.0 Å².